The van der Waals surface area contributed by atoms with Gasteiger partial charge in [-0.3, -0.25) is 0 Å². The Balaban J connectivity index is 2.14. The van der Waals surface area contributed by atoms with Crippen molar-refractivity contribution in [2.24, 2.45) is 0 Å². The van der Waals surface area contributed by atoms with Crippen LogP contribution in [0.4, 0.5) is 0 Å². The van der Waals surface area contributed by atoms with Crippen LogP contribution in [0.5, 0.6) is 5.75 Å². The highest BCUT2D eigenvalue weighted by Crippen LogP contribution is 2.20. The second-order valence-corrected chi connectivity index (χ2v) is 4.22. The van der Waals surface area contributed by atoms with E-state index in [9.17, 15) is 4.79 Å². The van der Waals surface area contributed by atoms with E-state index in [1.807, 2.05) is 36.4 Å². The molecule has 0 atom stereocenters. The number of carbonyl (C=O) groups excluding carboxylic acids is 1. The fraction of sp³-hybridized carbons (Fsp3) is 0.267. The van der Waals surface area contributed by atoms with Crippen molar-refractivity contribution in [1.29, 1.82) is 5.26 Å². The molecule has 108 valence electrons. The van der Waals surface area contributed by atoms with E-state index in [0.717, 1.165) is 5.69 Å². The molecule has 21 heavy (non-hydrogen) atoms. The Morgan fingerprint density at radius 1 is 1.38 bits per heavy atom. The molecule has 0 saturated carbocycles. The predicted octanol–water partition coefficient (Wildman–Crippen LogP) is 2.34. The summed E-state index contributed by atoms with van der Waals surface area (Å²) in [7, 11) is 1.47. The van der Waals surface area contributed by atoms with Gasteiger partial charge in [0.25, 0.3) is 0 Å². The molecule has 2 rings (SSSR count). The van der Waals surface area contributed by atoms with Crippen molar-refractivity contribution >= 4 is 5.97 Å². The molecule has 0 N–H and O–H groups in total. The number of methoxy groups -OCH3 is 1. The average Bonchev–Trinajstić information content (AvgIpc) is 2.96. The van der Waals surface area contributed by atoms with Gasteiger partial charge in [-0.15, -0.1) is 0 Å². The van der Waals surface area contributed by atoms with E-state index in [0.29, 0.717) is 18.6 Å². The highest BCUT2D eigenvalue weighted by atomic mass is 16.5. The van der Waals surface area contributed by atoms with Crippen LogP contribution in [0.1, 0.15) is 23.3 Å². The third-order valence-corrected chi connectivity index (χ3v) is 2.78. The molecule has 1 heterocycles. The molecule has 0 fully saturated rings. The summed E-state index contributed by atoms with van der Waals surface area (Å²) in [6, 6.07) is 11.4. The van der Waals surface area contributed by atoms with E-state index >= 15 is 0 Å². The van der Waals surface area contributed by atoms with E-state index in [1.165, 1.54) is 7.11 Å². The van der Waals surface area contributed by atoms with E-state index in [2.05, 4.69) is 5.10 Å². The minimum atomic E-state index is -0.556. The van der Waals surface area contributed by atoms with Crippen LogP contribution in [0, 0.1) is 11.3 Å². The summed E-state index contributed by atoms with van der Waals surface area (Å²) in [5.41, 5.74) is 0.942. The standard InChI is InChI=1S/C15H15N3O3/c1-20-13-11-18(12-7-3-2-4-8-12)17-14(13)15(19)21-10-6-5-9-16/h2-4,7-8,11H,5-6,10H2,1H3. The number of hydrogen-bond donors (Lipinski definition) is 0. The molecular formula is C15H15N3O3. The zero-order valence-corrected chi connectivity index (χ0v) is 11.7. The van der Waals surface area contributed by atoms with Gasteiger partial charge in [0.15, 0.2) is 5.75 Å². The van der Waals surface area contributed by atoms with Crippen molar-refractivity contribution in [1.82, 2.24) is 9.78 Å². The summed E-state index contributed by atoms with van der Waals surface area (Å²) in [6.45, 7) is 0.188. The molecule has 0 bridgehead atoms. The Morgan fingerprint density at radius 2 is 2.14 bits per heavy atom. The maximum absolute atomic E-state index is 12.0. The molecule has 1 aromatic heterocycles. The number of ether oxygens (including phenoxy) is 2. The lowest BCUT2D eigenvalue weighted by Crippen LogP contribution is -2.09. The SMILES string of the molecule is COc1cn(-c2ccccc2)nc1C(=O)OCCCC#N. The molecule has 2 aromatic rings. The summed E-state index contributed by atoms with van der Waals surface area (Å²) < 4.78 is 11.8. The fourth-order valence-electron chi connectivity index (χ4n) is 1.75. The number of para-hydroxylation sites is 1. The van der Waals surface area contributed by atoms with Crippen LogP contribution in [-0.2, 0) is 4.74 Å². The molecule has 0 aliphatic rings. The molecular weight excluding hydrogens is 270 g/mol. The van der Waals surface area contributed by atoms with Gasteiger partial charge in [-0.1, -0.05) is 18.2 Å². The van der Waals surface area contributed by atoms with Crippen molar-refractivity contribution in [3.63, 3.8) is 0 Å². The summed E-state index contributed by atoms with van der Waals surface area (Å²) in [5.74, 6) is -0.205. The van der Waals surface area contributed by atoms with E-state index in [1.54, 1.807) is 10.9 Å². The second-order valence-electron chi connectivity index (χ2n) is 4.22. The van der Waals surface area contributed by atoms with Gasteiger partial charge in [0.05, 0.1) is 31.7 Å². The molecule has 6 heteroatoms. The van der Waals surface area contributed by atoms with Gasteiger partial charge in [-0.05, 0) is 18.6 Å². The summed E-state index contributed by atoms with van der Waals surface area (Å²) in [5, 5.41) is 12.6. The summed E-state index contributed by atoms with van der Waals surface area (Å²) in [4.78, 5) is 12.0. The monoisotopic (exact) mass is 285 g/mol. The molecule has 0 unspecified atom stereocenters. The zero-order valence-electron chi connectivity index (χ0n) is 11.7. The first-order valence-electron chi connectivity index (χ1n) is 6.49. The Labute approximate surface area is 122 Å². The van der Waals surface area contributed by atoms with Crippen LogP contribution in [0.3, 0.4) is 0 Å². The van der Waals surface area contributed by atoms with Crippen LogP contribution < -0.4 is 4.74 Å². The number of unbranched alkanes of at least 4 members (excludes halogenated alkanes) is 1. The Kier molecular flexibility index (Phi) is 4.94. The second kappa shape index (κ2) is 7.10. The summed E-state index contributed by atoms with van der Waals surface area (Å²) >= 11 is 0. The average molecular weight is 285 g/mol. The Morgan fingerprint density at radius 3 is 2.81 bits per heavy atom. The smallest absolute Gasteiger partial charge is 0.362 e. The van der Waals surface area contributed by atoms with Gasteiger partial charge >= 0.3 is 5.97 Å². The van der Waals surface area contributed by atoms with Crippen molar-refractivity contribution in [3.8, 4) is 17.5 Å². The van der Waals surface area contributed by atoms with Crippen molar-refractivity contribution < 1.29 is 14.3 Å². The van der Waals surface area contributed by atoms with Crippen LogP contribution >= 0.6 is 0 Å². The molecule has 6 nitrogen and oxygen atoms in total. The predicted molar refractivity (Wildman–Crippen MR) is 75.2 cm³/mol. The number of benzene rings is 1. The molecule has 0 aliphatic heterocycles. The van der Waals surface area contributed by atoms with Gasteiger partial charge < -0.3 is 9.47 Å². The van der Waals surface area contributed by atoms with Crippen LogP contribution in [0.15, 0.2) is 36.5 Å². The van der Waals surface area contributed by atoms with Crippen LogP contribution in [0.25, 0.3) is 5.69 Å². The Hall–Kier alpha value is -2.81. The van der Waals surface area contributed by atoms with Gasteiger partial charge in [0.2, 0.25) is 5.69 Å². The minimum Gasteiger partial charge on any atom is -0.493 e. The number of nitriles is 1. The van der Waals surface area contributed by atoms with E-state index in [4.69, 9.17) is 14.7 Å². The topological polar surface area (TPSA) is 77.1 Å². The zero-order chi connectivity index (χ0) is 15.1. The first-order valence-corrected chi connectivity index (χ1v) is 6.49. The lowest BCUT2D eigenvalue weighted by Gasteiger charge is -2.02. The number of hydrogen-bond acceptors (Lipinski definition) is 5. The van der Waals surface area contributed by atoms with Gasteiger partial charge in [0, 0.05) is 6.42 Å². The number of nitrogens with zero attached hydrogens (tertiary/aromatic N) is 3. The molecule has 0 radical (unpaired) electrons. The highest BCUT2D eigenvalue weighted by Gasteiger charge is 2.19. The van der Waals surface area contributed by atoms with Crippen molar-refractivity contribution in [2.45, 2.75) is 12.8 Å². The van der Waals surface area contributed by atoms with Crippen molar-refractivity contribution in [3.05, 3.63) is 42.2 Å². The fourth-order valence-corrected chi connectivity index (χ4v) is 1.75. The van der Waals surface area contributed by atoms with Crippen LogP contribution in [-0.4, -0.2) is 29.5 Å². The van der Waals surface area contributed by atoms with Gasteiger partial charge in [0.1, 0.15) is 0 Å². The highest BCUT2D eigenvalue weighted by molar-refractivity contribution is 5.90. The molecule has 0 spiro atoms. The quantitative estimate of drug-likeness (QED) is 0.601. The Bertz CT molecular complexity index is 644. The molecule has 1 aromatic carbocycles. The van der Waals surface area contributed by atoms with Crippen molar-refractivity contribution in [2.75, 3.05) is 13.7 Å². The maximum atomic E-state index is 12.0. The molecule has 0 aliphatic carbocycles. The number of aromatic nitrogens is 2. The van der Waals surface area contributed by atoms with E-state index in [-0.39, 0.29) is 12.3 Å². The number of esters is 1. The van der Waals surface area contributed by atoms with Gasteiger partial charge in [-0.25, -0.2) is 9.48 Å². The van der Waals surface area contributed by atoms with E-state index < -0.39 is 5.97 Å². The van der Waals surface area contributed by atoms with Gasteiger partial charge in [-0.2, -0.15) is 10.4 Å². The largest absolute Gasteiger partial charge is 0.493 e. The molecule has 0 saturated heterocycles. The normalized spacial score (nSPS) is 9.90. The first-order chi connectivity index (χ1) is 10.3. The van der Waals surface area contributed by atoms with Crippen LogP contribution in [0.2, 0.25) is 0 Å². The lowest BCUT2D eigenvalue weighted by atomic mass is 10.3. The summed E-state index contributed by atoms with van der Waals surface area (Å²) in [6.07, 6.45) is 2.48. The number of rotatable bonds is 6. The lowest BCUT2D eigenvalue weighted by molar-refractivity contribution is 0.0490. The minimum absolute atomic E-state index is 0.123. The maximum Gasteiger partial charge on any atom is 0.362 e. The number of carbonyl (C=O) groups is 1. The first kappa shape index (κ1) is 14.6. The molecule has 0 amide bonds. The third kappa shape index (κ3) is 3.60. The third-order valence-electron chi connectivity index (χ3n) is 2.78.